The number of morpholine rings is 1. The highest BCUT2D eigenvalue weighted by Crippen LogP contribution is 2.37. The van der Waals surface area contributed by atoms with Crippen LogP contribution < -0.4 is 0 Å². The van der Waals surface area contributed by atoms with E-state index in [1.165, 1.54) is 32.1 Å². The van der Waals surface area contributed by atoms with Crippen LogP contribution in [0.1, 0.15) is 32.1 Å². The molecular formula is C13H19NO. The van der Waals surface area contributed by atoms with Gasteiger partial charge in [-0.1, -0.05) is 5.57 Å². The van der Waals surface area contributed by atoms with Crippen LogP contribution in [0.25, 0.3) is 0 Å². The quantitative estimate of drug-likeness (QED) is 0.652. The summed E-state index contributed by atoms with van der Waals surface area (Å²) in [6, 6.07) is 0. The number of rotatable bonds is 1. The summed E-state index contributed by atoms with van der Waals surface area (Å²) in [5.41, 5.74) is 4.94. The van der Waals surface area contributed by atoms with E-state index in [1.807, 2.05) is 0 Å². The van der Waals surface area contributed by atoms with Gasteiger partial charge >= 0.3 is 0 Å². The van der Waals surface area contributed by atoms with Gasteiger partial charge in [0.15, 0.2) is 0 Å². The van der Waals surface area contributed by atoms with Crippen molar-refractivity contribution in [1.82, 2.24) is 4.90 Å². The summed E-state index contributed by atoms with van der Waals surface area (Å²) in [4.78, 5) is 2.52. The summed E-state index contributed by atoms with van der Waals surface area (Å²) < 4.78 is 5.40. The minimum absolute atomic E-state index is 0.905. The summed E-state index contributed by atoms with van der Waals surface area (Å²) in [6.07, 6.45) is 9.16. The smallest absolute Gasteiger partial charge is 0.0642 e. The topological polar surface area (TPSA) is 12.5 Å². The zero-order valence-corrected chi connectivity index (χ0v) is 9.30. The molecular weight excluding hydrogens is 186 g/mol. The molecule has 3 rings (SSSR count). The van der Waals surface area contributed by atoms with Crippen LogP contribution in [0, 0.1) is 0 Å². The van der Waals surface area contributed by atoms with Crippen LogP contribution in [-0.4, -0.2) is 31.2 Å². The molecule has 2 aliphatic carbocycles. The van der Waals surface area contributed by atoms with Crippen LogP contribution in [0.5, 0.6) is 0 Å². The van der Waals surface area contributed by atoms with Gasteiger partial charge in [-0.3, -0.25) is 0 Å². The Morgan fingerprint density at radius 3 is 2.67 bits per heavy atom. The molecule has 0 unspecified atom stereocenters. The van der Waals surface area contributed by atoms with Crippen LogP contribution >= 0.6 is 0 Å². The highest BCUT2D eigenvalue weighted by atomic mass is 16.5. The first-order chi connectivity index (χ1) is 7.43. The largest absolute Gasteiger partial charge is 0.378 e. The molecule has 0 aromatic carbocycles. The van der Waals surface area contributed by atoms with Crippen molar-refractivity contribution in [3.8, 4) is 0 Å². The molecule has 3 aliphatic rings. The maximum atomic E-state index is 5.40. The molecule has 1 heterocycles. The molecule has 1 aliphatic heterocycles. The molecule has 0 radical (unpaired) electrons. The molecule has 2 nitrogen and oxygen atoms in total. The third-order valence-corrected chi connectivity index (χ3v) is 3.78. The van der Waals surface area contributed by atoms with Gasteiger partial charge in [-0.25, -0.2) is 0 Å². The molecule has 1 fully saturated rings. The number of hydrogen-bond donors (Lipinski definition) is 0. The summed E-state index contributed by atoms with van der Waals surface area (Å²) in [5.74, 6) is 0. The fourth-order valence-corrected chi connectivity index (χ4v) is 2.89. The lowest BCUT2D eigenvalue weighted by Crippen LogP contribution is -2.35. The average molecular weight is 205 g/mol. The Hall–Kier alpha value is -0.760. The zero-order valence-electron chi connectivity index (χ0n) is 9.30. The molecule has 2 heteroatoms. The highest BCUT2D eigenvalue weighted by Gasteiger charge is 2.23. The zero-order chi connectivity index (χ0) is 10.1. The number of ether oxygens (including phenoxy) is 1. The summed E-state index contributed by atoms with van der Waals surface area (Å²) in [6.45, 7) is 3.99. The Morgan fingerprint density at radius 2 is 1.87 bits per heavy atom. The fourth-order valence-electron chi connectivity index (χ4n) is 2.89. The molecule has 0 aromatic rings. The Kier molecular flexibility index (Phi) is 2.53. The van der Waals surface area contributed by atoms with E-state index in [0.717, 1.165) is 26.3 Å². The van der Waals surface area contributed by atoms with Gasteiger partial charge in [-0.05, 0) is 37.3 Å². The molecule has 0 bridgehead atoms. The van der Waals surface area contributed by atoms with E-state index in [4.69, 9.17) is 4.74 Å². The van der Waals surface area contributed by atoms with Crippen LogP contribution in [0.2, 0.25) is 0 Å². The van der Waals surface area contributed by atoms with Gasteiger partial charge < -0.3 is 9.64 Å². The van der Waals surface area contributed by atoms with E-state index >= 15 is 0 Å². The molecule has 0 aromatic heterocycles. The van der Waals surface area contributed by atoms with Gasteiger partial charge in [0.2, 0.25) is 0 Å². The van der Waals surface area contributed by atoms with Crippen molar-refractivity contribution in [3.05, 3.63) is 22.9 Å². The molecule has 0 amide bonds. The van der Waals surface area contributed by atoms with Crippen molar-refractivity contribution in [2.45, 2.75) is 32.1 Å². The summed E-state index contributed by atoms with van der Waals surface area (Å²) in [5, 5.41) is 0. The normalized spacial score (nSPS) is 26.7. The van der Waals surface area contributed by atoms with E-state index in [9.17, 15) is 0 Å². The third-order valence-electron chi connectivity index (χ3n) is 3.78. The van der Waals surface area contributed by atoms with Gasteiger partial charge in [0.05, 0.1) is 13.2 Å². The first-order valence-corrected chi connectivity index (χ1v) is 6.17. The monoisotopic (exact) mass is 205 g/mol. The first kappa shape index (κ1) is 9.46. The van der Waals surface area contributed by atoms with E-state index in [-0.39, 0.29) is 0 Å². The van der Waals surface area contributed by atoms with Gasteiger partial charge in [0.25, 0.3) is 0 Å². The maximum absolute atomic E-state index is 5.40. The van der Waals surface area contributed by atoms with Crippen molar-refractivity contribution in [2.24, 2.45) is 0 Å². The lowest BCUT2D eigenvalue weighted by Gasteiger charge is -2.30. The molecule has 0 atom stereocenters. The van der Waals surface area contributed by atoms with Crippen LogP contribution in [-0.2, 0) is 4.74 Å². The van der Waals surface area contributed by atoms with Crippen LogP contribution in [0.15, 0.2) is 22.9 Å². The summed E-state index contributed by atoms with van der Waals surface area (Å²) >= 11 is 0. The molecule has 0 N–H and O–H groups in total. The van der Waals surface area contributed by atoms with Crippen molar-refractivity contribution in [1.29, 1.82) is 0 Å². The van der Waals surface area contributed by atoms with Gasteiger partial charge in [0.1, 0.15) is 0 Å². The van der Waals surface area contributed by atoms with E-state index in [1.54, 1.807) is 16.8 Å². The number of nitrogens with zero attached hydrogens (tertiary/aromatic N) is 1. The Balaban J connectivity index is 1.70. The fraction of sp³-hybridized carbons (Fsp3) is 0.692. The van der Waals surface area contributed by atoms with Crippen molar-refractivity contribution >= 4 is 0 Å². The second kappa shape index (κ2) is 4.01. The Bertz CT molecular complexity index is 310. The van der Waals surface area contributed by atoms with Crippen molar-refractivity contribution < 1.29 is 4.74 Å². The van der Waals surface area contributed by atoms with E-state index < -0.39 is 0 Å². The Morgan fingerprint density at radius 1 is 1.07 bits per heavy atom. The minimum Gasteiger partial charge on any atom is -0.378 e. The van der Waals surface area contributed by atoms with Gasteiger partial charge in [0, 0.05) is 25.2 Å². The predicted octanol–water partition coefficient (Wildman–Crippen LogP) is 2.48. The van der Waals surface area contributed by atoms with E-state index in [2.05, 4.69) is 11.0 Å². The number of hydrogen-bond acceptors (Lipinski definition) is 2. The van der Waals surface area contributed by atoms with E-state index in [0.29, 0.717) is 0 Å². The molecule has 15 heavy (non-hydrogen) atoms. The van der Waals surface area contributed by atoms with Crippen molar-refractivity contribution in [2.75, 3.05) is 26.3 Å². The van der Waals surface area contributed by atoms with Crippen molar-refractivity contribution in [3.63, 3.8) is 0 Å². The SMILES string of the molecule is C1=C(N2CCOCC2)CC2=C1CCCC2. The average Bonchev–Trinajstić information content (AvgIpc) is 2.74. The van der Waals surface area contributed by atoms with Crippen LogP contribution in [0.3, 0.4) is 0 Å². The predicted molar refractivity (Wildman–Crippen MR) is 60.6 cm³/mol. The lowest BCUT2D eigenvalue weighted by molar-refractivity contribution is 0.0528. The highest BCUT2D eigenvalue weighted by molar-refractivity contribution is 5.39. The third kappa shape index (κ3) is 1.83. The summed E-state index contributed by atoms with van der Waals surface area (Å²) in [7, 11) is 0. The first-order valence-electron chi connectivity index (χ1n) is 6.17. The second-order valence-electron chi connectivity index (χ2n) is 4.75. The minimum atomic E-state index is 0.905. The number of allylic oxidation sites excluding steroid dienone is 3. The van der Waals surface area contributed by atoms with Gasteiger partial charge in [-0.15, -0.1) is 0 Å². The molecule has 0 spiro atoms. The lowest BCUT2D eigenvalue weighted by atomic mass is 9.94. The molecule has 1 saturated heterocycles. The molecule has 0 saturated carbocycles. The molecule has 82 valence electrons. The second-order valence-corrected chi connectivity index (χ2v) is 4.75. The maximum Gasteiger partial charge on any atom is 0.0642 e. The van der Waals surface area contributed by atoms with Gasteiger partial charge in [-0.2, -0.15) is 0 Å². The standard InChI is InChI=1S/C13H19NO/c1-2-4-12-10-13(9-11(12)3-1)14-5-7-15-8-6-14/h9H,1-8,10H2. The van der Waals surface area contributed by atoms with Crippen LogP contribution in [0.4, 0.5) is 0 Å². The Labute approximate surface area is 91.6 Å².